The molecule has 5 heteroatoms. The van der Waals surface area contributed by atoms with Crippen LogP contribution in [-0.2, 0) is 0 Å². The van der Waals surface area contributed by atoms with Crippen LogP contribution in [0.1, 0.15) is 23.0 Å². The largest absolute Gasteiger partial charge is 0.233 e. The third kappa shape index (κ3) is 1.77. The van der Waals surface area contributed by atoms with Crippen LogP contribution in [0, 0.1) is 12.7 Å². The molecule has 0 bridgehead atoms. The van der Waals surface area contributed by atoms with E-state index in [-0.39, 0.29) is 11.9 Å². The smallest absolute Gasteiger partial charge is 0.159 e. The highest BCUT2D eigenvalue weighted by molar-refractivity contribution is 9.10. The molecule has 0 N–H and O–H groups in total. The summed E-state index contributed by atoms with van der Waals surface area (Å²) in [5, 5.41) is 4.46. The summed E-state index contributed by atoms with van der Waals surface area (Å²) < 4.78 is 16.8. The Morgan fingerprint density at radius 2 is 1.86 bits per heavy atom. The first-order valence-electron chi connectivity index (χ1n) is 6.63. The summed E-state index contributed by atoms with van der Waals surface area (Å²) in [7, 11) is 0. The fraction of sp³-hybridized carbons (Fsp3) is 0.125. The van der Waals surface area contributed by atoms with Crippen molar-refractivity contribution in [2.75, 3.05) is 0 Å². The highest BCUT2D eigenvalue weighted by atomic mass is 79.9. The lowest BCUT2D eigenvalue weighted by molar-refractivity contribution is 0.551. The highest BCUT2D eigenvalue weighted by Crippen LogP contribution is 2.42. The molecular weight excluding hydrogens is 333 g/mol. The van der Waals surface area contributed by atoms with Gasteiger partial charge in [0, 0.05) is 11.1 Å². The lowest BCUT2D eigenvalue weighted by Gasteiger charge is -2.15. The first-order valence-corrected chi connectivity index (χ1v) is 7.42. The molecule has 4 rings (SSSR count). The van der Waals surface area contributed by atoms with Crippen molar-refractivity contribution in [1.29, 1.82) is 0 Å². The van der Waals surface area contributed by atoms with Gasteiger partial charge in [-0.2, -0.15) is 5.10 Å². The molecule has 1 atom stereocenters. The Morgan fingerprint density at radius 1 is 1.10 bits per heavy atom. The molecule has 104 valence electrons. The summed E-state index contributed by atoms with van der Waals surface area (Å²) in [6.45, 7) is 1.85. The maximum absolute atomic E-state index is 14.5. The van der Waals surface area contributed by atoms with E-state index < -0.39 is 0 Å². The second-order valence-corrected chi connectivity index (χ2v) is 5.91. The maximum atomic E-state index is 14.5. The van der Waals surface area contributed by atoms with Gasteiger partial charge in [0.25, 0.3) is 0 Å². The zero-order chi connectivity index (χ0) is 14.6. The van der Waals surface area contributed by atoms with E-state index in [1.807, 2.05) is 41.9 Å². The Balaban J connectivity index is 2.02. The molecule has 1 aromatic heterocycles. The van der Waals surface area contributed by atoms with Crippen molar-refractivity contribution in [2.24, 2.45) is 0 Å². The zero-order valence-electron chi connectivity index (χ0n) is 11.2. The van der Waals surface area contributed by atoms with E-state index in [0.29, 0.717) is 15.9 Å². The van der Waals surface area contributed by atoms with Gasteiger partial charge in [-0.1, -0.05) is 36.4 Å². The molecular formula is C16H11BrFN3. The predicted molar refractivity (Wildman–Crippen MR) is 81.5 cm³/mol. The quantitative estimate of drug-likeness (QED) is 0.520. The summed E-state index contributed by atoms with van der Waals surface area (Å²) >= 11 is 3.26. The molecule has 0 fully saturated rings. The van der Waals surface area contributed by atoms with Gasteiger partial charge in [0.15, 0.2) is 5.82 Å². The molecule has 21 heavy (non-hydrogen) atoms. The van der Waals surface area contributed by atoms with E-state index in [1.54, 1.807) is 12.1 Å². The molecule has 1 unspecified atom stereocenters. The van der Waals surface area contributed by atoms with E-state index in [0.717, 1.165) is 17.0 Å². The van der Waals surface area contributed by atoms with E-state index in [2.05, 4.69) is 26.0 Å². The minimum atomic E-state index is -0.269. The molecule has 1 aliphatic heterocycles. The van der Waals surface area contributed by atoms with E-state index in [1.165, 1.54) is 0 Å². The number of benzene rings is 2. The third-order valence-corrected chi connectivity index (χ3v) is 4.37. The van der Waals surface area contributed by atoms with Gasteiger partial charge in [-0.15, -0.1) is 0 Å². The topological polar surface area (TPSA) is 30.7 Å². The molecule has 3 aromatic rings. The monoisotopic (exact) mass is 343 g/mol. The van der Waals surface area contributed by atoms with Crippen LogP contribution < -0.4 is 0 Å². The van der Waals surface area contributed by atoms with Gasteiger partial charge in [-0.25, -0.2) is 14.1 Å². The molecule has 0 saturated heterocycles. The molecule has 2 heterocycles. The first kappa shape index (κ1) is 12.7. The van der Waals surface area contributed by atoms with Gasteiger partial charge in [0.2, 0.25) is 0 Å². The second kappa shape index (κ2) is 4.49. The third-order valence-electron chi connectivity index (χ3n) is 3.75. The van der Waals surface area contributed by atoms with Crippen LogP contribution in [0.4, 0.5) is 4.39 Å². The second-order valence-electron chi connectivity index (χ2n) is 5.06. The number of halogens is 2. The maximum Gasteiger partial charge on any atom is 0.159 e. The van der Waals surface area contributed by atoms with Crippen molar-refractivity contribution >= 4 is 15.9 Å². The molecule has 0 radical (unpaired) electrons. The lowest BCUT2D eigenvalue weighted by atomic mass is 9.97. The fourth-order valence-electron chi connectivity index (χ4n) is 2.90. The predicted octanol–water partition coefficient (Wildman–Crippen LogP) is 4.11. The Labute approximate surface area is 129 Å². The van der Waals surface area contributed by atoms with Crippen molar-refractivity contribution in [1.82, 2.24) is 14.8 Å². The molecule has 3 nitrogen and oxygen atoms in total. The number of aryl methyl sites for hydroxylation is 1. The summed E-state index contributed by atoms with van der Waals surface area (Å²) in [5.41, 5.74) is 2.65. The minimum absolute atomic E-state index is 0.252. The Morgan fingerprint density at radius 3 is 2.71 bits per heavy atom. The molecule has 0 saturated carbocycles. The fourth-order valence-corrected chi connectivity index (χ4v) is 3.28. The summed E-state index contributed by atoms with van der Waals surface area (Å²) in [4.78, 5) is 4.48. The van der Waals surface area contributed by atoms with Crippen molar-refractivity contribution in [2.45, 2.75) is 13.0 Å². The van der Waals surface area contributed by atoms with E-state index in [9.17, 15) is 4.39 Å². The van der Waals surface area contributed by atoms with E-state index in [4.69, 9.17) is 0 Å². The molecule has 2 aromatic carbocycles. The van der Waals surface area contributed by atoms with Crippen LogP contribution in [-0.4, -0.2) is 14.8 Å². The number of hydrogen-bond acceptors (Lipinski definition) is 2. The SMILES string of the molecule is Cc1nc2n(n1)C(c1cccc(Br)c1F)c1ccccc1-2. The van der Waals surface area contributed by atoms with Crippen LogP contribution in [0.3, 0.4) is 0 Å². The minimum Gasteiger partial charge on any atom is -0.233 e. The Kier molecular flexibility index (Phi) is 2.72. The van der Waals surface area contributed by atoms with Crippen LogP contribution in [0.5, 0.6) is 0 Å². The van der Waals surface area contributed by atoms with Crippen LogP contribution in [0.25, 0.3) is 11.4 Å². The van der Waals surface area contributed by atoms with Gasteiger partial charge >= 0.3 is 0 Å². The van der Waals surface area contributed by atoms with Gasteiger partial charge in [-0.05, 0) is 34.5 Å². The summed E-state index contributed by atoms with van der Waals surface area (Å²) in [5.74, 6) is 1.24. The first-order chi connectivity index (χ1) is 10.2. The molecule has 0 spiro atoms. The highest BCUT2D eigenvalue weighted by Gasteiger charge is 2.33. The van der Waals surface area contributed by atoms with E-state index >= 15 is 0 Å². The Bertz CT molecular complexity index is 856. The molecule has 0 aliphatic carbocycles. The van der Waals surface area contributed by atoms with Gasteiger partial charge in [-0.3, -0.25) is 0 Å². The average molecular weight is 344 g/mol. The van der Waals surface area contributed by atoms with Crippen molar-refractivity contribution in [3.63, 3.8) is 0 Å². The number of rotatable bonds is 1. The van der Waals surface area contributed by atoms with Crippen molar-refractivity contribution in [3.8, 4) is 11.4 Å². The van der Waals surface area contributed by atoms with Crippen LogP contribution >= 0.6 is 15.9 Å². The molecule has 0 amide bonds. The number of nitrogens with zero attached hydrogens (tertiary/aromatic N) is 3. The Hall–Kier alpha value is -2.01. The summed E-state index contributed by atoms with van der Waals surface area (Å²) in [6, 6.07) is 13.0. The number of aromatic nitrogens is 3. The van der Waals surface area contributed by atoms with Gasteiger partial charge in [0.1, 0.15) is 17.7 Å². The van der Waals surface area contributed by atoms with Crippen molar-refractivity contribution < 1.29 is 4.39 Å². The normalized spacial score (nSPS) is 15.9. The van der Waals surface area contributed by atoms with Crippen LogP contribution in [0.2, 0.25) is 0 Å². The van der Waals surface area contributed by atoms with Gasteiger partial charge in [0.05, 0.1) is 4.47 Å². The van der Waals surface area contributed by atoms with Gasteiger partial charge < -0.3 is 0 Å². The molecule has 1 aliphatic rings. The number of hydrogen-bond donors (Lipinski definition) is 0. The zero-order valence-corrected chi connectivity index (χ0v) is 12.8. The number of fused-ring (bicyclic) bond motifs is 3. The lowest BCUT2D eigenvalue weighted by Crippen LogP contribution is -2.11. The van der Waals surface area contributed by atoms with Crippen molar-refractivity contribution in [3.05, 3.63) is 69.7 Å². The standard InChI is InChI=1S/C16H11BrFN3/c1-9-19-16-11-6-3-2-5-10(11)15(21(16)20-9)12-7-4-8-13(17)14(12)18/h2-8,15H,1H3. The average Bonchev–Trinajstić information content (AvgIpc) is 2.98. The summed E-state index contributed by atoms with van der Waals surface area (Å²) in [6.07, 6.45) is 0. The van der Waals surface area contributed by atoms with Crippen LogP contribution in [0.15, 0.2) is 46.9 Å².